The van der Waals surface area contributed by atoms with E-state index >= 15 is 0 Å². The van der Waals surface area contributed by atoms with E-state index in [1.54, 1.807) is 0 Å². The van der Waals surface area contributed by atoms with E-state index < -0.39 is 12.1 Å². The highest BCUT2D eigenvalue weighted by atomic mass is 16.7. The molecular formula is C30H30N6O4. The van der Waals surface area contributed by atoms with Gasteiger partial charge in [-0.25, -0.2) is 4.98 Å². The fraction of sp³-hybridized carbons (Fsp3) is 0.367. The van der Waals surface area contributed by atoms with Crippen LogP contribution in [0.1, 0.15) is 35.1 Å². The molecule has 0 bridgehead atoms. The minimum Gasteiger partial charge on any atom is -0.454 e. The highest BCUT2D eigenvalue weighted by Crippen LogP contribution is 2.45. The van der Waals surface area contributed by atoms with E-state index in [1.807, 2.05) is 70.2 Å². The van der Waals surface area contributed by atoms with Crippen LogP contribution in [0.4, 0.5) is 0 Å². The molecule has 10 heteroatoms. The van der Waals surface area contributed by atoms with E-state index in [2.05, 4.69) is 20.9 Å². The van der Waals surface area contributed by atoms with Crippen LogP contribution in [0, 0.1) is 0 Å². The Hall–Kier alpha value is -4.31. The summed E-state index contributed by atoms with van der Waals surface area (Å²) < 4.78 is 13.2. The van der Waals surface area contributed by atoms with Crippen molar-refractivity contribution in [1.29, 1.82) is 0 Å². The first-order valence-electron chi connectivity index (χ1n) is 13.8. The minimum atomic E-state index is -0.563. The summed E-state index contributed by atoms with van der Waals surface area (Å²) in [5.41, 5.74) is 3.98. The normalized spacial score (nSPS) is 24.2. The quantitative estimate of drug-likeness (QED) is 0.429. The van der Waals surface area contributed by atoms with Crippen LogP contribution in [-0.4, -0.2) is 79.6 Å². The Bertz CT molecular complexity index is 1660. The van der Waals surface area contributed by atoms with E-state index in [0.717, 1.165) is 59.6 Å². The van der Waals surface area contributed by atoms with Gasteiger partial charge in [-0.3, -0.25) is 14.5 Å². The van der Waals surface area contributed by atoms with Crippen LogP contribution in [0.15, 0.2) is 54.9 Å². The Kier molecular flexibility index (Phi) is 5.22. The van der Waals surface area contributed by atoms with Crippen molar-refractivity contribution < 1.29 is 19.1 Å². The number of para-hydroxylation sites is 1. The smallest absolute Gasteiger partial charge is 0.246 e. The Labute approximate surface area is 231 Å². The van der Waals surface area contributed by atoms with Crippen LogP contribution >= 0.6 is 0 Å². The molecule has 2 fully saturated rings. The van der Waals surface area contributed by atoms with Crippen molar-refractivity contribution in [2.24, 2.45) is 7.05 Å². The second-order valence-electron chi connectivity index (χ2n) is 11.2. The summed E-state index contributed by atoms with van der Waals surface area (Å²) in [5, 5.41) is 1.10. The first kappa shape index (κ1) is 23.6. The van der Waals surface area contributed by atoms with Gasteiger partial charge in [-0.1, -0.05) is 24.3 Å². The number of H-pyrrole nitrogens is 1. The average molecular weight is 539 g/mol. The predicted molar refractivity (Wildman–Crippen MR) is 146 cm³/mol. The topological polar surface area (TPSA) is 95.9 Å². The maximum Gasteiger partial charge on any atom is 0.246 e. The molecule has 4 aliphatic heterocycles. The fourth-order valence-electron chi connectivity index (χ4n) is 6.98. The van der Waals surface area contributed by atoms with E-state index in [0.29, 0.717) is 17.9 Å². The molecule has 3 atom stereocenters. The summed E-state index contributed by atoms with van der Waals surface area (Å²) >= 11 is 0. The monoisotopic (exact) mass is 538 g/mol. The molecule has 4 aliphatic rings. The molecule has 2 amide bonds. The molecule has 2 aromatic heterocycles. The summed E-state index contributed by atoms with van der Waals surface area (Å²) in [6, 6.07) is 13.0. The van der Waals surface area contributed by atoms with Crippen LogP contribution in [-0.2, 0) is 29.6 Å². The molecule has 0 unspecified atom stereocenters. The van der Waals surface area contributed by atoms with Gasteiger partial charge in [0.05, 0.1) is 12.6 Å². The predicted octanol–water partition coefficient (Wildman–Crippen LogP) is 2.59. The van der Waals surface area contributed by atoms with Crippen LogP contribution in [0.3, 0.4) is 0 Å². The molecule has 0 spiro atoms. The number of fused-ring (bicyclic) bond motifs is 5. The van der Waals surface area contributed by atoms with Crippen molar-refractivity contribution in [1.82, 2.24) is 29.2 Å². The number of amides is 2. The lowest BCUT2D eigenvalue weighted by atomic mass is 9.85. The van der Waals surface area contributed by atoms with Crippen LogP contribution in [0.5, 0.6) is 11.5 Å². The van der Waals surface area contributed by atoms with Gasteiger partial charge < -0.3 is 28.8 Å². The van der Waals surface area contributed by atoms with Gasteiger partial charge in [0.1, 0.15) is 18.4 Å². The van der Waals surface area contributed by atoms with E-state index in [9.17, 15) is 9.59 Å². The Morgan fingerprint density at radius 3 is 2.85 bits per heavy atom. The standard InChI is InChI=1S/C30H30N6O4/c1-33-11-9-31-26(33)15-34-10-8-19(14-34)35-16-27(37)36-23(30(35)38)13-21-20-4-2-3-5-22(20)32-28(21)29(36)18-6-7-24-25(12-18)40-17-39-24/h2-7,9,11-12,19,23,29,32H,8,10,13-17H2,1H3/t19-,23-,29-/m1/s1. The van der Waals surface area contributed by atoms with Gasteiger partial charge in [-0.05, 0) is 35.7 Å². The first-order valence-corrected chi connectivity index (χ1v) is 13.8. The number of hydrogen-bond donors (Lipinski definition) is 1. The highest BCUT2D eigenvalue weighted by Gasteiger charge is 2.50. The number of ether oxygens (including phenoxy) is 2. The van der Waals surface area contributed by atoms with Crippen LogP contribution < -0.4 is 9.47 Å². The Balaban J connectivity index is 1.14. The summed E-state index contributed by atoms with van der Waals surface area (Å²) in [6.07, 6.45) is 5.09. The van der Waals surface area contributed by atoms with Gasteiger partial charge in [-0.15, -0.1) is 0 Å². The fourth-order valence-corrected chi connectivity index (χ4v) is 6.98. The molecule has 1 N–H and O–H groups in total. The number of piperazine rings is 1. The van der Waals surface area contributed by atoms with E-state index in [4.69, 9.17) is 9.47 Å². The number of aryl methyl sites for hydroxylation is 1. The zero-order valence-electron chi connectivity index (χ0n) is 22.2. The number of rotatable bonds is 4. The molecule has 2 aromatic carbocycles. The number of benzene rings is 2. The zero-order valence-corrected chi connectivity index (χ0v) is 22.2. The molecule has 10 nitrogen and oxygen atoms in total. The molecule has 40 heavy (non-hydrogen) atoms. The van der Waals surface area contributed by atoms with Crippen molar-refractivity contribution in [3.8, 4) is 11.5 Å². The third-order valence-corrected chi connectivity index (χ3v) is 8.98. The Morgan fingerprint density at radius 1 is 1.10 bits per heavy atom. The van der Waals surface area contributed by atoms with Gasteiger partial charge in [-0.2, -0.15) is 0 Å². The number of imidazole rings is 1. The molecule has 2 saturated heterocycles. The van der Waals surface area contributed by atoms with Gasteiger partial charge in [0, 0.05) is 61.6 Å². The summed E-state index contributed by atoms with van der Waals surface area (Å²) in [5.74, 6) is 2.35. The number of aromatic nitrogens is 3. The zero-order chi connectivity index (χ0) is 27.0. The lowest BCUT2D eigenvalue weighted by molar-refractivity contribution is -0.160. The number of carbonyl (C=O) groups is 2. The van der Waals surface area contributed by atoms with Gasteiger partial charge >= 0.3 is 0 Å². The van der Waals surface area contributed by atoms with Crippen molar-refractivity contribution in [2.75, 3.05) is 26.4 Å². The van der Waals surface area contributed by atoms with Crippen LogP contribution in [0.25, 0.3) is 10.9 Å². The maximum atomic E-state index is 14.2. The third-order valence-electron chi connectivity index (χ3n) is 8.98. The molecule has 4 aromatic rings. The molecule has 6 heterocycles. The van der Waals surface area contributed by atoms with Gasteiger partial charge in [0.2, 0.25) is 18.6 Å². The molecule has 204 valence electrons. The van der Waals surface area contributed by atoms with Gasteiger partial charge in [0.15, 0.2) is 11.5 Å². The number of nitrogens with one attached hydrogen (secondary N) is 1. The van der Waals surface area contributed by atoms with Crippen molar-refractivity contribution in [2.45, 2.75) is 37.5 Å². The summed E-state index contributed by atoms with van der Waals surface area (Å²) in [4.78, 5) is 42.3. The molecule has 0 saturated carbocycles. The average Bonchev–Trinajstić information content (AvgIpc) is 3.76. The number of aromatic amines is 1. The largest absolute Gasteiger partial charge is 0.454 e. The highest BCUT2D eigenvalue weighted by molar-refractivity contribution is 5.98. The first-order chi connectivity index (χ1) is 19.5. The van der Waals surface area contributed by atoms with E-state index in [-0.39, 0.29) is 31.2 Å². The SMILES string of the molecule is Cn1ccnc1CN1CC[C@@H](N2CC(=O)N3[C@H](c4ccc5c(c4)OCO5)c4[nH]c5ccccc5c4C[C@@H]3C2=O)C1. The van der Waals surface area contributed by atoms with Crippen LogP contribution in [0.2, 0.25) is 0 Å². The second kappa shape index (κ2) is 8.85. The molecule has 8 rings (SSSR count). The lowest BCUT2D eigenvalue weighted by Crippen LogP contribution is -2.65. The number of hydrogen-bond acceptors (Lipinski definition) is 6. The molecule has 0 radical (unpaired) electrons. The Morgan fingerprint density at radius 2 is 1.98 bits per heavy atom. The number of likely N-dealkylation sites (tertiary alicyclic amines) is 1. The van der Waals surface area contributed by atoms with Crippen molar-refractivity contribution >= 4 is 22.7 Å². The maximum absolute atomic E-state index is 14.2. The second-order valence-corrected chi connectivity index (χ2v) is 11.2. The summed E-state index contributed by atoms with van der Waals surface area (Å²) in [6.45, 7) is 2.61. The number of nitrogens with zero attached hydrogens (tertiary/aromatic N) is 5. The molecular weight excluding hydrogens is 508 g/mol. The lowest BCUT2D eigenvalue weighted by Gasteiger charge is -2.48. The summed E-state index contributed by atoms with van der Waals surface area (Å²) in [7, 11) is 2.00. The number of carbonyl (C=O) groups excluding carboxylic acids is 2. The van der Waals surface area contributed by atoms with Crippen molar-refractivity contribution in [3.05, 3.63) is 77.5 Å². The van der Waals surface area contributed by atoms with E-state index in [1.165, 1.54) is 0 Å². The third kappa shape index (κ3) is 3.55. The minimum absolute atomic E-state index is 0.00669. The molecule has 0 aliphatic carbocycles. The van der Waals surface area contributed by atoms with Gasteiger partial charge in [0.25, 0.3) is 0 Å². The van der Waals surface area contributed by atoms with Crippen molar-refractivity contribution in [3.63, 3.8) is 0 Å².